The van der Waals surface area contributed by atoms with Crippen molar-refractivity contribution in [3.63, 3.8) is 0 Å². The van der Waals surface area contributed by atoms with Crippen molar-refractivity contribution in [2.45, 2.75) is 6.54 Å². The molecule has 0 atom stereocenters. The van der Waals surface area contributed by atoms with E-state index in [4.69, 9.17) is 5.73 Å². The van der Waals surface area contributed by atoms with Gasteiger partial charge in [-0.2, -0.15) is 0 Å². The fourth-order valence-corrected chi connectivity index (χ4v) is 3.82. The number of rotatable bonds is 6. The largest absolute Gasteiger partial charge is 0.366 e. The Bertz CT molecular complexity index is 1060. The average Bonchev–Trinajstić information content (AvgIpc) is 2.84. The number of carbonyl (C=O) groups is 2. The minimum absolute atomic E-state index is 0.0110. The molecule has 2 aromatic carbocycles. The Labute approximate surface area is 188 Å². The molecular weight excluding hydrogens is 402 g/mol. The molecule has 0 spiro atoms. The van der Waals surface area contributed by atoms with Crippen molar-refractivity contribution in [2.24, 2.45) is 5.73 Å². The maximum atomic E-state index is 12.9. The maximum absolute atomic E-state index is 12.9. The third-order valence-electron chi connectivity index (χ3n) is 5.79. The van der Waals surface area contributed by atoms with Crippen LogP contribution in [-0.2, 0) is 6.54 Å². The zero-order valence-corrected chi connectivity index (χ0v) is 18.1. The van der Waals surface area contributed by atoms with Crippen LogP contribution in [0.2, 0.25) is 0 Å². The Balaban J connectivity index is 1.31. The highest BCUT2D eigenvalue weighted by Gasteiger charge is 2.22. The quantitative estimate of drug-likeness (QED) is 0.652. The number of hydrogen-bond acceptors (Lipinski definition) is 5. The monoisotopic (exact) mass is 429 g/mol. The Morgan fingerprint density at radius 1 is 0.906 bits per heavy atom. The van der Waals surface area contributed by atoms with E-state index in [2.05, 4.69) is 9.88 Å². The predicted octanol–water partition coefficient (Wildman–Crippen LogP) is 2.91. The minimum atomic E-state index is -0.419. The molecule has 164 valence electrons. The number of amides is 2. The summed E-state index contributed by atoms with van der Waals surface area (Å²) in [4.78, 5) is 34.8. The normalized spacial score (nSPS) is 14.2. The number of primary amides is 1. The minimum Gasteiger partial charge on any atom is -0.366 e. The first-order valence-corrected chi connectivity index (χ1v) is 10.7. The number of anilines is 2. The second-order valence-corrected chi connectivity index (χ2v) is 7.93. The van der Waals surface area contributed by atoms with Crippen molar-refractivity contribution in [3.8, 4) is 0 Å². The van der Waals surface area contributed by atoms with Gasteiger partial charge in [0.25, 0.3) is 5.91 Å². The van der Waals surface area contributed by atoms with Crippen LogP contribution < -0.4 is 10.6 Å². The van der Waals surface area contributed by atoms with Gasteiger partial charge < -0.3 is 15.5 Å². The number of para-hydroxylation sites is 1. The molecule has 1 aromatic heterocycles. The van der Waals surface area contributed by atoms with Crippen LogP contribution in [-0.4, -0.2) is 59.8 Å². The van der Waals surface area contributed by atoms with Crippen LogP contribution in [0.5, 0.6) is 0 Å². The topological polar surface area (TPSA) is 82.8 Å². The molecule has 0 saturated carbocycles. The summed E-state index contributed by atoms with van der Waals surface area (Å²) in [6.07, 6.45) is 1.66. The van der Waals surface area contributed by atoms with Crippen molar-refractivity contribution in [1.29, 1.82) is 0 Å². The molecule has 7 heteroatoms. The van der Waals surface area contributed by atoms with E-state index in [0.29, 0.717) is 24.2 Å². The molecule has 0 radical (unpaired) electrons. The number of piperazine rings is 1. The predicted molar refractivity (Wildman–Crippen MR) is 125 cm³/mol. The molecule has 32 heavy (non-hydrogen) atoms. The molecule has 0 bridgehead atoms. The molecule has 2 amide bonds. The molecule has 4 rings (SSSR count). The maximum Gasteiger partial charge on any atom is 0.255 e. The van der Waals surface area contributed by atoms with Crippen LogP contribution in [0.4, 0.5) is 11.5 Å². The van der Waals surface area contributed by atoms with E-state index in [1.54, 1.807) is 18.3 Å². The van der Waals surface area contributed by atoms with Gasteiger partial charge in [0.05, 0.1) is 5.56 Å². The lowest BCUT2D eigenvalue weighted by molar-refractivity contribution is 0.0628. The van der Waals surface area contributed by atoms with Crippen molar-refractivity contribution in [2.75, 3.05) is 38.1 Å². The first-order valence-electron chi connectivity index (χ1n) is 10.7. The second-order valence-electron chi connectivity index (χ2n) is 7.93. The molecule has 0 aliphatic carbocycles. The van der Waals surface area contributed by atoms with Gasteiger partial charge in [-0.15, -0.1) is 0 Å². The number of nitrogens with zero attached hydrogens (tertiary/aromatic N) is 4. The lowest BCUT2D eigenvalue weighted by Gasteiger charge is -2.34. The molecule has 3 aromatic rings. The summed E-state index contributed by atoms with van der Waals surface area (Å²) in [5.41, 5.74) is 8.57. The average molecular weight is 430 g/mol. The molecule has 1 saturated heterocycles. The highest BCUT2D eigenvalue weighted by atomic mass is 16.2. The van der Waals surface area contributed by atoms with Gasteiger partial charge in [-0.3, -0.25) is 14.5 Å². The molecule has 1 fully saturated rings. The van der Waals surface area contributed by atoms with Gasteiger partial charge in [-0.1, -0.05) is 30.3 Å². The summed E-state index contributed by atoms with van der Waals surface area (Å²) < 4.78 is 0. The van der Waals surface area contributed by atoms with E-state index in [9.17, 15) is 9.59 Å². The molecular formula is C25H27N5O2. The van der Waals surface area contributed by atoms with Crippen LogP contribution in [0, 0.1) is 0 Å². The van der Waals surface area contributed by atoms with Crippen LogP contribution in [0.15, 0.2) is 72.9 Å². The number of benzene rings is 2. The lowest BCUT2D eigenvalue weighted by Crippen LogP contribution is -2.48. The van der Waals surface area contributed by atoms with Crippen LogP contribution in [0.3, 0.4) is 0 Å². The summed E-state index contributed by atoms with van der Waals surface area (Å²) in [7, 11) is 1.96. The Morgan fingerprint density at radius 2 is 1.56 bits per heavy atom. The van der Waals surface area contributed by atoms with Gasteiger partial charge >= 0.3 is 0 Å². The van der Waals surface area contributed by atoms with Gasteiger partial charge in [0, 0.05) is 57.2 Å². The highest BCUT2D eigenvalue weighted by Crippen LogP contribution is 2.21. The number of aromatic nitrogens is 1. The van der Waals surface area contributed by atoms with Crippen molar-refractivity contribution < 1.29 is 9.59 Å². The van der Waals surface area contributed by atoms with Gasteiger partial charge in [-0.05, 0) is 42.0 Å². The van der Waals surface area contributed by atoms with E-state index in [0.717, 1.165) is 36.7 Å². The van der Waals surface area contributed by atoms with Crippen molar-refractivity contribution in [3.05, 3.63) is 89.6 Å². The SMILES string of the molecule is CN(c1ccccc1)c1ccc(C(=O)N2CCN(Cc3ccc(C(N)=O)cc3)CC2)cn1. The van der Waals surface area contributed by atoms with Crippen molar-refractivity contribution in [1.82, 2.24) is 14.8 Å². The molecule has 1 aliphatic heterocycles. The van der Waals surface area contributed by atoms with Crippen LogP contribution >= 0.6 is 0 Å². The summed E-state index contributed by atoms with van der Waals surface area (Å²) >= 11 is 0. The fourth-order valence-electron chi connectivity index (χ4n) is 3.82. The van der Waals surface area contributed by atoms with Crippen molar-refractivity contribution >= 4 is 23.3 Å². The Hall–Kier alpha value is -3.71. The molecule has 2 heterocycles. The zero-order chi connectivity index (χ0) is 22.5. The number of pyridine rings is 1. The smallest absolute Gasteiger partial charge is 0.255 e. The van der Waals surface area contributed by atoms with E-state index in [1.165, 1.54) is 0 Å². The van der Waals surface area contributed by atoms with Gasteiger partial charge in [0.15, 0.2) is 0 Å². The van der Waals surface area contributed by atoms with E-state index >= 15 is 0 Å². The number of carbonyl (C=O) groups excluding carboxylic acids is 2. The Kier molecular flexibility index (Phi) is 6.47. The van der Waals surface area contributed by atoms with E-state index in [1.807, 2.05) is 71.4 Å². The van der Waals surface area contributed by atoms with Crippen LogP contribution in [0.25, 0.3) is 0 Å². The van der Waals surface area contributed by atoms with E-state index < -0.39 is 5.91 Å². The van der Waals surface area contributed by atoms with E-state index in [-0.39, 0.29) is 5.91 Å². The standard InChI is InChI=1S/C25H27N5O2/c1-28(22-5-3-2-4-6-22)23-12-11-21(17-27-23)25(32)30-15-13-29(14-16-30)18-19-7-9-20(10-8-19)24(26)31/h2-12,17H,13-16,18H2,1H3,(H2,26,31). The first kappa shape index (κ1) is 21.5. The zero-order valence-electron chi connectivity index (χ0n) is 18.1. The summed E-state index contributed by atoms with van der Waals surface area (Å²) in [6, 6.07) is 21.1. The molecule has 1 aliphatic rings. The van der Waals surface area contributed by atoms with Gasteiger partial charge in [0.1, 0.15) is 5.82 Å². The highest BCUT2D eigenvalue weighted by molar-refractivity contribution is 5.94. The first-order chi connectivity index (χ1) is 15.5. The summed E-state index contributed by atoms with van der Waals surface area (Å²) in [6.45, 7) is 3.72. The molecule has 0 unspecified atom stereocenters. The molecule has 7 nitrogen and oxygen atoms in total. The second kappa shape index (κ2) is 9.62. The third-order valence-corrected chi connectivity index (χ3v) is 5.79. The Morgan fingerprint density at radius 3 is 2.16 bits per heavy atom. The summed E-state index contributed by atoms with van der Waals surface area (Å²) in [5.74, 6) is 0.384. The molecule has 2 N–H and O–H groups in total. The van der Waals surface area contributed by atoms with Crippen LogP contribution in [0.1, 0.15) is 26.3 Å². The fraction of sp³-hybridized carbons (Fsp3) is 0.240. The number of hydrogen-bond donors (Lipinski definition) is 1. The number of nitrogens with two attached hydrogens (primary N) is 1. The van der Waals surface area contributed by atoms with Gasteiger partial charge in [0.2, 0.25) is 5.91 Å². The summed E-state index contributed by atoms with van der Waals surface area (Å²) in [5, 5.41) is 0. The third kappa shape index (κ3) is 4.95. The lowest BCUT2D eigenvalue weighted by atomic mass is 10.1. The van der Waals surface area contributed by atoms with Gasteiger partial charge in [-0.25, -0.2) is 4.98 Å².